The summed E-state index contributed by atoms with van der Waals surface area (Å²) in [5.41, 5.74) is 1.70. The number of fused-ring (bicyclic) bond motifs is 1. The maximum Gasteiger partial charge on any atom is 0.266 e. The van der Waals surface area contributed by atoms with Gasteiger partial charge in [0.25, 0.3) is 11.5 Å². The molecule has 0 aliphatic rings. The van der Waals surface area contributed by atoms with Crippen LogP contribution in [0.2, 0.25) is 0 Å². The van der Waals surface area contributed by atoms with Crippen molar-refractivity contribution in [3.8, 4) is 5.75 Å². The second-order valence-corrected chi connectivity index (χ2v) is 6.55. The van der Waals surface area contributed by atoms with Gasteiger partial charge in [-0.25, -0.2) is 4.98 Å². The number of anilines is 1. The fourth-order valence-electron chi connectivity index (χ4n) is 2.53. The predicted molar refractivity (Wildman–Crippen MR) is 95.1 cm³/mol. The Hall–Kier alpha value is -2.67. The normalized spacial score (nSPS) is 11.0. The monoisotopic (exact) mass is 343 g/mol. The number of nitrogens with zero attached hydrogens (tertiary/aromatic N) is 2. The summed E-state index contributed by atoms with van der Waals surface area (Å²) < 4.78 is 1.51. The third-order valence-electron chi connectivity index (χ3n) is 3.87. The molecule has 0 spiro atoms. The summed E-state index contributed by atoms with van der Waals surface area (Å²) in [5, 5.41) is 13.1. The van der Waals surface area contributed by atoms with Crippen molar-refractivity contribution in [1.29, 1.82) is 0 Å². The standard InChI is InChI=1S/C17H17N3O3S/c1-4-20-8-18-16-13(17(20)23)10(3)14(24-16)15(22)19-11-6-5-9(2)7-12(11)21/h5-8,21H,4H2,1-3H3,(H,19,22). The fraction of sp³-hybridized carbons (Fsp3) is 0.235. The number of hydrogen-bond donors (Lipinski definition) is 2. The van der Waals surface area contributed by atoms with E-state index in [2.05, 4.69) is 10.3 Å². The summed E-state index contributed by atoms with van der Waals surface area (Å²) in [6, 6.07) is 5.02. The average Bonchev–Trinajstić information content (AvgIpc) is 2.88. The van der Waals surface area contributed by atoms with E-state index in [1.165, 1.54) is 22.2 Å². The lowest BCUT2D eigenvalue weighted by molar-refractivity contribution is 0.102. The first-order chi connectivity index (χ1) is 11.4. The van der Waals surface area contributed by atoms with E-state index in [0.717, 1.165) is 5.56 Å². The minimum absolute atomic E-state index is 0.00794. The first kappa shape index (κ1) is 16.2. The predicted octanol–water partition coefficient (Wildman–Crippen LogP) is 3.05. The van der Waals surface area contributed by atoms with Crippen LogP contribution in [0.5, 0.6) is 5.75 Å². The molecule has 0 saturated carbocycles. The minimum atomic E-state index is -0.364. The first-order valence-electron chi connectivity index (χ1n) is 7.52. The Morgan fingerprint density at radius 3 is 2.79 bits per heavy atom. The summed E-state index contributed by atoms with van der Waals surface area (Å²) in [7, 11) is 0. The molecule has 0 aliphatic heterocycles. The number of amides is 1. The summed E-state index contributed by atoms with van der Waals surface area (Å²) in [4.78, 5) is 30.2. The third-order valence-corrected chi connectivity index (χ3v) is 5.06. The fourth-order valence-corrected chi connectivity index (χ4v) is 3.56. The van der Waals surface area contributed by atoms with Gasteiger partial charge in [-0.2, -0.15) is 0 Å². The molecule has 0 bridgehead atoms. The number of aromatic nitrogens is 2. The maximum atomic E-state index is 12.6. The molecular weight excluding hydrogens is 326 g/mol. The molecule has 1 amide bonds. The van der Waals surface area contributed by atoms with Crippen LogP contribution in [0.25, 0.3) is 10.2 Å². The molecule has 0 unspecified atom stereocenters. The Kier molecular flexibility index (Phi) is 4.11. The van der Waals surface area contributed by atoms with Gasteiger partial charge < -0.3 is 10.4 Å². The van der Waals surface area contributed by atoms with E-state index in [9.17, 15) is 14.7 Å². The van der Waals surface area contributed by atoms with Gasteiger partial charge >= 0.3 is 0 Å². The number of nitrogens with one attached hydrogen (secondary N) is 1. The van der Waals surface area contributed by atoms with Gasteiger partial charge in [0, 0.05) is 6.54 Å². The van der Waals surface area contributed by atoms with Crippen LogP contribution in [0.1, 0.15) is 27.7 Å². The molecule has 0 radical (unpaired) electrons. The molecule has 0 aliphatic carbocycles. The number of rotatable bonds is 3. The third kappa shape index (κ3) is 2.67. The number of carbonyl (C=O) groups excluding carboxylic acids is 1. The van der Waals surface area contributed by atoms with E-state index in [1.54, 1.807) is 25.1 Å². The average molecular weight is 343 g/mol. The number of hydrogen-bond acceptors (Lipinski definition) is 5. The minimum Gasteiger partial charge on any atom is -0.506 e. The summed E-state index contributed by atoms with van der Waals surface area (Å²) in [5.74, 6) is -0.356. The zero-order valence-corrected chi connectivity index (χ0v) is 14.4. The van der Waals surface area contributed by atoms with Crippen LogP contribution >= 0.6 is 11.3 Å². The zero-order valence-electron chi connectivity index (χ0n) is 13.6. The van der Waals surface area contributed by atoms with E-state index in [1.807, 2.05) is 13.8 Å². The largest absolute Gasteiger partial charge is 0.506 e. The van der Waals surface area contributed by atoms with Gasteiger partial charge in [-0.05, 0) is 44.0 Å². The SMILES string of the molecule is CCn1cnc2sc(C(=O)Nc3ccc(C)cc3O)c(C)c2c1=O. The van der Waals surface area contributed by atoms with Gasteiger partial charge in [0.15, 0.2) is 0 Å². The maximum absolute atomic E-state index is 12.6. The summed E-state index contributed by atoms with van der Waals surface area (Å²) >= 11 is 1.18. The zero-order chi connectivity index (χ0) is 17.4. The smallest absolute Gasteiger partial charge is 0.266 e. The van der Waals surface area contributed by atoms with Gasteiger partial charge in [0.05, 0.1) is 22.3 Å². The van der Waals surface area contributed by atoms with Crippen LogP contribution in [-0.2, 0) is 6.54 Å². The second kappa shape index (κ2) is 6.09. The van der Waals surface area contributed by atoms with Gasteiger partial charge in [-0.3, -0.25) is 14.2 Å². The number of phenols is 1. The lowest BCUT2D eigenvalue weighted by Crippen LogP contribution is -2.19. The Balaban J connectivity index is 2.03. The highest BCUT2D eigenvalue weighted by molar-refractivity contribution is 7.20. The number of thiophene rings is 1. The van der Waals surface area contributed by atoms with E-state index >= 15 is 0 Å². The lowest BCUT2D eigenvalue weighted by atomic mass is 10.2. The molecule has 124 valence electrons. The molecule has 0 fully saturated rings. The molecule has 0 atom stereocenters. The molecule has 1 aromatic carbocycles. The summed E-state index contributed by atoms with van der Waals surface area (Å²) in [6.45, 7) is 5.98. The van der Waals surface area contributed by atoms with Gasteiger partial charge in [-0.1, -0.05) is 6.07 Å². The number of phenolic OH excluding ortho intramolecular Hbond substituents is 1. The van der Waals surface area contributed by atoms with Gasteiger partial charge in [-0.15, -0.1) is 11.3 Å². The highest BCUT2D eigenvalue weighted by Crippen LogP contribution is 2.29. The van der Waals surface area contributed by atoms with E-state index in [4.69, 9.17) is 0 Å². The quantitative estimate of drug-likeness (QED) is 0.716. The molecular formula is C17H17N3O3S. The number of aromatic hydroxyl groups is 1. The molecule has 7 heteroatoms. The topological polar surface area (TPSA) is 84.2 Å². The number of carbonyl (C=O) groups is 1. The van der Waals surface area contributed by atoms with Crippen molar-refractivity contribution in [3.63, 3.8) is 0 Å². The molecule has 3 rings (SSSR count). The van der Waals surface area contributed by atoms with Crippen LogP contribution in [0.3, 0.4) is 0 Å². The van der Waals surface area contributed by atoms with Crippen LogP contribution < -0.4 is 10.9 Å². The van der Waals surface area contributed by atoms with E-state index in [-0.39, 0.29) is 17.2 Å². The van der Waals surface area contributed by atoms with Crippen molar-refractivity contribution in [2.45, 2.75) is 27.3 Å². The van der Waals surface area contributed by atoms with Gasteiger partial charge in [0.2, 0.25) is 0 Å². The molecule has 24 heavy (non-hydrogen) atoms. The van der Waals surface area contributed by atoms with Crippen LogP contribution in [0, 0.1) is 13.8 Å². The van der Waals surface area contributed by atoms with Crippen LogP contribution in [0.15, 0.2) is 29.3 Å². The van der Waals surface area contributed by atoms with Crippen molar-refractivity contribution < 1.29 is 9.90 Å². The second-order valence-electron chi connectivity index (χ2n) is 5.55. The van der Waals surface area contributed by atoms with Crippen LogP contribution in [-0.4, -0.2) is 20.6 Å². The highest BCUT2D eigenvalue weighted by Gasteiger charge is 2.20. The van der Waals surface area contributed by atoms with Crippen molar-refractivity contribution >= 4 is 33.1 Å². The number of aryl methyl sites for hydroxylation is 3. The van der Waals surface area contributed by atoms with E-state index < -0.39 is 0 Å². The molecule has 0 saturated heterocycles. The first-order valence-corrected chi connectivity index (χ1v) is 8.33. The molecule has 2 heterocycles. The highest BCUT2D eigenvalue weighted by atomic mass is 32.1. The Bertz CT molecular complexity index is 1000. The molecule has 2 aromatic heterocycles. The summed E-state index contributed by atoms with van der Waals surface area (Å²) in [6.07, 6.45) is 1.49. The van der Waals surface area contributed by atoms with Crippen molar-refractivity contribution in [3.05, 3.63) is 50.9 Å². The molecule has 6 nitrogen and oxygen atoms in total. The molecule has 2 N–H and O–H groups in total. The van der Waals surface area contributed by atoms with Crippen LogP contribution in [0.4, 0.5) is 5.69 Å². The van der Waals surface area contributed by atoms with Crippen molar-refractivity contribution in [1.82, 2.24) is 9.55 Å². The van der Waals surface area contributed by atoms with Gasteiger partial charge in [0.1, 0.15) is 10.6 Å². The van der Waals surface area contributed by atoms with Crippen molar-refractivity contribution in [2.75, 3.05) is 5.32 Å². The Labute approximate surface area is 142 Å². The Morgan fingerprint density at radius 1 is 1.38 bits per heavy atom. The number of benzene rings is 1. The lowest BCUT2D eigenvalue weighted by Gasteiger charge is -2.07. The Morgan fingerprint density at radius 2 is 2.12 bits per heavy atom. The van der Waals surface area contributed by atoms with Crippen molar-refractivity contribution in [2.24, 2.45) is 0 Å². The van der Waals surface area contributed by atoms with E-state index in [0.29, 0.717) is 32.9 Å². The molecule has 3 aromatic rings.